The Kier molecular flexibility index (Phi) is 18.7. The number of aliphatic carboxylic acids is 1. The Morgan fingerprint density at radius 3 is 1.64 bits per heavy atom. The molecule has 0 bridgehead atoms. The van der Waals surface area contributed by atoms with E-state index < -0.39 is 104 Å². The van der Waals surface area contributed by atoms with E-state index in [1.54, 1.807) is 0 Å². The van der Waals surface area contributed by atoms with Crippen LogP contribution in [0.25, 0.3) is 0 Å². The Bertz CT molecular complexity index is 1100. The lowest BCUT2D eigenvalue weighted by Crippen LogP contribution is -2.57. The van der Waals surface area contributed by atoms with Crippen molar-refractivity contribution in [3.05, 3.63) is 0 Å². The average Bonchev–Trinajstić information content (AvgIpc) is 2.96. The summed E-state index contributed by atoms with van der Waals surface area (Å²) in [4.78, 5) is 108. The predicted molar refractivity (Wildman–Crippen MR) is 154 cm³/mol. The molecule has 45 heavy (non-hydrogen) atoms. The van der Waals surface area contributed by atoms with E-state index in [9.17, 15) is 48.3 Å². The van der Waals surface area contributed by atoms with Crippen LogP contribution in [0.15, 0.2) is 0 Å². The van der Waals surface area contributed by atoms with Gasteiger partial charge in [0.15, 0.2) is 0 Å². The van der Waals surface area contributed by atoms with Crippen LogP contribution in [-0.2, 0) is 43.2 Å². The van der Waals surface area contributed by atoms with E-state index in [1.807, 2.05) is 13.8 Å². The average molecular weight is 646 g/mol. The lowest BCUT2D eigenvalue weighted by Gasteiger charge is -2.23. The molecule has 0 aliphatic carbocycles. The van der Waals surface area contributed by atoms with Crippen molar-refractivity contribution in [2.75, 3.05) is 32.8 Å². The van der Waals surface area contributed by atoms with Gasteiger partial charge in [-0.1, -0.05) is 13.8 Å². The highest BCUT2D eigenvalue weighted by Gasteiger charge is 2.28. The SMILES string of the molecule is CC(C)C[C@H](NC(=O)CN)C(=O)NCC(=O)N[C@@H](CO)C(=O)N[C@@H](CCC(N)=O)C(=O)NCC(=O)N[C@@H](C)C(=O)NCC(=O)O. The molecule has 0 aromatic heterocycles. The number of nitrogens with one attached hydrogen (secondary N) is 7. The monoisotopic (exact) mass is 645 g/mol. The molecular formula is C25H43N9O11. The van der Waals surface area contributed by atoms with Crippen LogP contribution in [0, 0.1) is 5.92 Å². The molecule has 0 rings (SSSR count). The molecule has 4 atom stereocenters. The molecule has 0 heterocycles. The van der Waals surface area contributed by atoms with Gasteiger partial charge in [0.2, 0.25) is 47.3 Å². The second-order valence-corrected chi connectivity index (χ2v) is 10.2. The molecule has 0 saturated heterocycles. The molecule has 20 heteroatoms. The van der Waals surface area contributed by atoms with Crippen molar-refractivity contribution in [2.24, 2.45) is 17.4 Å². The molecule has 13 N–H and O–H groups in total. The van der Waals surface area contributed by atoms with Crippen LogP contribution in [0.2, 0.25) is 0 Å². The van der Waals surface area contributed by atoms with Gasteiger partial charge in [0.1, 0.15) is 30.7 Å². The van der Waals surface area contributed by atoms with Crippen molar-refractivity contribution >= 4 is 53.2 Å². The van der Waals surface area contributed by atoms with Gasteiger partial charge < -0.3 is 58.9 Å². The molecule has 0 aliphatic rings. The quantitative estimate of drug-likeness (QED) is 0.0555. The highest BCUT2D eigenvalue weighted by Crippen LogP contribution is 2.05. The van der Waals surface area contributed by atoms with Gasteiger partial charge in [-0.05, 0) is 25.7 Å². The van der Waals surface area contributed by atoms with Gasteiger partial charge in [0.25, 0.3) is 0 Å². The Morgan fingerprint density at radius 2 is 1.16 bits per heavy atom. The molecule has 0 saturated carbocycles. The molecule has 254 valence electrons. The fraction of sp³-hybridized carbons (Fsp3) is 0.640. The van der Waals surface area contributed by atoms with Crippen LogP contribution in [0.5, 0.6) is 0 Å². The first-order valence-electron chi connectivity index (χ1n) is 13.8. The predicted octanol–water partition coefficient (Wildman–Crippen LogP) is -6.36. The third kappa shape index (κ3) is 17.8. The number of primary amides is 1. The van der Waals surface area contributed by atoms with Crippen LogP contribution < -0.4 is 48.7 Å². The lowest BCUT2D eigenvalue weighted by molar-refractivity contribution is -0.138. The van der Waals surface area contributed by atoms with E-state index in [0.717, 1.165) is 0 Å². The van der Waals surface area contributed by atoms with Crippen LogP contribution in [0.4, 0.5) is 0 Å². The molecule has 0 radical (unpaired) electrons. The molecule has 8 amide bonds. The first kappa shape index (κ1) is 40.1. The number of rotatable bonds is 21. The van der Waals surface area contributed by atoms with Crippen LogP contribution >= 0.6 is 0 Å². The Balaban J connectivity index is 5.19. The number of carbonyl (C=O) groups is 9. The Hall–Kier alpha value is -4.85. The summed E-state index contributed by atoms with van der Waals surface area (Å²) in [6.45, 7) is 1.62. The zero-order valence-corrected chi connectivity index (χ0v) is 25.3. The van der Waals surface area contributed by atoms with Gasteiger partial charge in [0.05, 0.1) is 26.2 Å². The first-order chi connectivity index (χ1) is 21.0. The van der Waals surface area contributed by atoms with Crippen molar-refractivity contribution in [3.8, 4) is 0 Å². The molecule has 0 aliphatic heterocycles. The second-order valence-electron chi connectivity index (χ2n) is 10.2. The fourth-order valence-electron chi connectivity index (χ4n) is 3.48. The molecule has 0 spiro atoms. The minimum absolute atomic E-state index is 0.00437. The van der Waals surface area contributed by atoms with Crippen molar-refractivity contribution in [1.29, 1.82) is 0 Å². The number of carboxylic acid groups (broad SMARTS) is 1. The van der Waals surface area contributed by atoms with E-state index in [1.165, 1.54) is 6.92 Å². The summed E-state index contributed by atoms with van der Waals surface area (Å²) < 4.78 is 0. The zero-order valence-electron chi connectivity index (χ0n) is 25.3. The van der Waals surface area contributed by atoms with E-state index in [-0.39, 0.29) is 31.7 Å². The van der Waals surface area contributed by atoms with E-state index in [0.29, 0.717) is 0 Å². The molecule has 20 nitrogen and oxygen atoms in total. The molecule has 0 fully saturated rings. The van der Waals surface area contributed by atoms with Gasteiger partial charge in [-0.2, -0.15) is 0 Å². The zero-order chi connectivity index (χ0) is 34.7. The minimum Gasteiger partial charge on any atom is -0.480 e. The number of hydrogen-bond acceptors (Lipinski definition) is 11. The molecule has 0 aromatic rings. The number of amides is 8. The fourth-order valence-corrected chi connectivity index (χ4v) is 3.48. The summed E-state index contributed by atoms with van der Waals surface area (Å²) in [6.07, 6.45) is -0.444. The second kappa shape index (κ2) is 21.0. The van der Waals surface area contributed by atoms with Crippen LogP contribution in [0.1, 0.15) is 40.0 Å². The maximum absolute atomic E-state index is 12.8. The van der Waals surface area contributed by atoms with Gasteiger partial charge in [-0.25, -0.2) is 0 Å². The third-order valence-corrected chi connectivity index (χ3v) is 5.72. The maximum Gasteiger partial charge on any atom is 0.322 e. The maximum atomic E-state index is 12.8. The normalized spacial score (nSPS) is 13.2. The van der Waals surface area contributed by atoms with Gasteiger partial charge in [-0.3, -0.25) is 43.2 Å². The molecule has 0 unspecified atom stereocenters. The first-order valence-corrected chi connectivity index (χ1v) is 13.8. The number of nitrogens with two attached hydrogens (primary N) is 2. The lowest BCUT2D eigenvalue weighted by atomic mass is 10.0. The topological polar surface area (TPSA) is 330 Å². The molecular weight excluding hydrogens is 602 g/mol. The summed E-state index contributed by atoms with van der Waals surface area (Å²) >= 11 is 0. The van der Waals surface area contributed by atoms with Gasteiger partial charge in [0, 0.05) is 6.42 Å². The number of aliphatic hydroxyl groups is 1. The van der Waals surface area contributed by atoms with Crippen molar-refractivity contribution in [2.45, 2.75) is 64.2 Å². The van der Waals surface area contributed by atoms with Crippen LogP contribution in [0.3, 0.4) is 0 Å². The van der Waals surface area contributed by atoms with Gasteiger partial charge in [-0.15, -0.1) is 0 Å². The molecule has 0 aromatic carbocycles. The summed E-state index contributed by atoms with van der Waals surface area (Å²) in [6, 6.07) is -5.18. The Morgan fingerprint density at radius 1 is 0.644 bits per heavy atom. The largest absolute Gasteiger partial charge is 0.480 e. The third-order valence-electron chi connectivity index (χ3n) is 5.72. The van der Waals surface area contributed by atoms with Crippen molar-refractivity contribution in [1.82, 2.24) is 37.2 Å². The van der Waals surface area contributed by atoms with Crippen LogP contribution in [-0.4, -0.2) is 120 Å². The summed E-state index contributed by atoms with van der Waals surface area (Å²) in [5.74, 6) is -7.92. The Labute approximate surface area is 258 Å². The number of carboxylic acids is 1. The highest BCUT2D eigenvalue weighted by atomic mass is 16.4. The van der Waals surface area contributed by atoms with E-state index >= 15 is 0 Å². The van der Waals surface area contributed by atoms with Crippen molar-refractivity contribution in [3.63, 3.8) is 0 Å². The standard InChI is InChI=1S/C25H43N9O11/c1-12(2)6-15(32-18(37)7-26)24(44)29-9-20(39)33-16(11-35)25(45)34-14(4-5-17(27)36)23(43)28-8-19(38)31-13(3)22(42)30-10-21(40)41/h12-16,35H,4-11,26H2,1-3H3,(H2,27,36)(H,28,43)(H,29,44)(H,30,42)(H,31,38)(H,32,37)(H,33,39)(H,34,45)(H,40,41)/t13-,14-,15-,16-/m0/s1. The van der Waals surface area contributed by atoms with E-state index in [4.69, 9.17) is 16.6 Å². The minimum atomic E-state index is -1.60. The summed E-state index contributed by atoms with van der Waals surface area (Å²) in [5.41, 5.74) is 10.4. The summed E-state index contributed by atoms with van der Waals surface area (Å²) in [5, 5.41) is 33.9. The highest BCUT2D eigenvalue weighted by molar-refractivity contribution is 5.96. The smallest absolute Gasteiger partial charge is 0.322 e. The van der Waals surface area contributed by atoms with E-state index in [2.05, 4.69) is 37.2 Å². The number of hydrogen-bond donors (Lipinski definition) is 11. The van der Waals surface area contributed by atoms with Gasteiger partial charge >= 0.3 is 5.97 Å². The summed E-state index contributed by atoms with van der Waals surface area (Å²) in [7, 11) is 0. The number of aliphatic hydroxyl groups excluding tert-OH is 1. The van der Waals surface area contributed by atoms with Crippen molar-refractivity contribution < 1.29 is 53.4 Å². The number of carbonyl (C=O) groups excluding carboxylic acids is 8.